The van der Waals surface area contributed by atoms with Crippen molar-refractivity contribution < 1.29 is 23.0 Å². The summed E-state index contributed by atoms with van der Waals surface area (Å²) in [6.45, 7) is 5.79. The molecular formula is C21H25ClF3NO2. The van der Waals surface area contributed by atoms with Gasteiger partial charge in [0.1, 0.15) is 5.75 Å². The fourth-order valence-electron chi connectivity index (χ4n) is 3.32. The second kappa shape index (κ2) is 9.14. The molecule has 0 aliphatic carbocycles. The monoisotopic (exact) mass is 415 g/mol. The molecule has 2 rings (SSSR count). The van der Waals surface area contributed by atoms with Crippen LogP contribution in [0.25, 0.3) is 0 Å². The average Bonchev–Trinajstić information content (AvgIpc) is 2.63. The van der Waals surface area contributed by atoms with E-state index in [1.165, 1.54) is 30.5 Å². The minimum absolute atomic E-state index is 0.103. The largest absolute Gasteiger partial charge is 0.494 e. The predicted molar refractivity (Wildman–Crippen MR) is 104 cm³/mol. The van der Waals surface area contributed by atoms with Gasteiger partial charge in [0.15, 0.2) is 5.60 Å². The number of pyridine rings is 1. The van der Waals surface area contributed by atoms with Gasteiger partial charge in [-0.2, -0.15) is 13.2 Å². The summed E-state index contributed by atoms with van der Waals surface area (Å²) < 4.78 is 48.2. The Labute approximate surface area is 168 Å². The van der Waals surface area contributed by atoms with Crippen LogP contribution in [-0.4, -0.2) is 22.9 Å². The lowest BCUT2D eigenvalue weighted by Gasteiger charge is -2.39. The first-order valence-electron chi connectivity index (χ1n) is 9.29. The fourth-order valence-corrected chi connectivity index (χ4v) is 3.63. The Hall–Kier alpha value is -1.79. The van der Waals surface area contributed by atoms with Gasteiger partial charge in [0.2, 0.25) is 0 Å². The van der Waals surface area contributed by atoms with Crippen LogP contribution in [0.1, 0.15) is 55.8 Å². The molecule has 7 heteroatoms. The van der Waals surface area contributed by atoms with Gasteiger partial charge >= 0.3 is 6.18 Å². The molecule has 2 atom stereocenters. The van der Waals surface area contributed by atoms with Crippen molar-refractivity contribution in [2.75, 3.05) is 6.61 Å². The van der Waals surface area contributed by atoms with E-state index in [-0.39, 0.29) is 22.6 Å². The highest BCUT2D eigenvalue weighted by molar-refractivity contribution is 6.31. The topological polar surface area (TPSA) is 42.4 Å². The van der Waals surface area contributed by atoms with Crippen LogP contribution in [0.15, 0.2) is 36.5 Å². The van der Waals surface area contributed by atoms with E-state index in [0.717, 1.165) is 6.42 Å². The molecule has 0 saturated heterocycles. The van der Waals surface area contributed by atoms with Gasteiger partial charge in [0.25, 0.3) is 0 Å². The Bertz CT molecular complexity index is 797. The number of aryl methyl sites for hydroxylation is 1. The second-order valence-corrected chi connectivity index (χ2v) is 7.23. The number of benzene rings is 1. The van der Waals surface area contributed by atoms with Crippen molar-refractivity contribution in [1.29, 1.82) is 0 Å². The van der Waals surface area contributed by atoms with E-state index in [9.17, 15) is 18.3 Å². The first-order valence-corrected chi connectivity index (χ1v) is 9.67. The molecule has 0 fully saturated rings. The van der Waals surface area contributed by atoms with Crippen molar-refractivity contribution in [3.63, 3.8) is 0 Å². The molecule has 0 aliphatic heterocycles. The molecule has 154 valence electrons. The Morgan fingerprint density at radius 3 is 2.39 bits per heavy atom. The van der Waals surface area contributed by atoms with Gasteiger partial charge in [-0.3, -0.25) is 4.98 Å². The number of alkyl halides is 3. The van der Waals surface area contributed by atoms with Gasteiger partial charge in [-0.25, -0.2) is 0 Å². The predicted octanol–water partition coefficient (Wildman–Crippen LogP) is 6.17. The maximum atomic E-state index is 14.2. The molecule has 0 bridgehead atoms. The first-order chi connectivity index (χ1) is 13.1. The van der Waals surface area contributed by atoms with Gasteiger partial charge in [-0.05, 0) is 55.2 Å². The van der Waals surface area contributed by atoms with Crippen molar-refractivity contribution in [1.82, 2.24) is 4.98 Å². The van der Waals surface area contributed by atoms with Crippen LogP contribution in [0, 0.1) is 6.92 Å². The number of halogens is 4. The molecule has 2 aromatic rings. The summed E-state index contributed by atoms with van der Waals surface area (Å²) >= 11 is 6.34. The Morgan fingerprint density at radius 2 is 1.86 bits per heavy atom. The Morgan fingerprint density at radius 1 is 1.14 bits per heavy atom. The van der Waals surface area contributed by atoms with Gasteiger partial charge in [-0.1, -0.05) is 37.9 Å². The number of hydrogen-bond donors (Lipinski definition) is 1. The standard InChI is InChI=1S/C21H25ClF3NO2/c1-4-6-18(17-8-7-16(13-19(17)22)28-11-5-2)20(27,21(23,24)25)15-9-10-26-14(3)12-15/h7-10,12-13,18,27H,4-6,11H2,1-3H3. The summed E-state index contributed by atoms with van der Waals surface area (Å²) in [7, 11) is 0. The second-order valence-electron chi connectivity index (χ2n) is 6.82. The van der Waals surface area contributed by atoms with Crippen LogP contribution in [0.5, 0.6) is 5.75 Å². The smallest absolute Gasteiger partial charge is 0.422 e. The lowest BCUT2D eigenvalue weighted by Crippen LogP contribution is -2.47. The normalized spacial score (nSPS) is 15.1. The highest BCUT2D eigenvalue weighted by Crippen LogP contribution is 2.52. The Balaban J connectivity index is 2.60. The highest BCUT2D eigenvalue weighted by Gasteiger charge is 2.60. The Kier molecular flexibility index (Phi) is 7.34. The number of ether oxygens (including phenoxy) is 1. The van der Waals surface area contributed by atoms with E-state index in [2.05, 4.69) is 4.98 Å². The van der Waals surface area contributed by atoms with Crippen LogP contribution in [0.3, 0.4) is 0 Å². The number of rotatable bonds is 8. The minimum Gasteiger partial charge on any atom is -0.494 e. The zero-order valence-electron chi connectivity index (χ0n) is 16.2. The van der Waals surface area contributed by atoms with Gasteiger partial charge in [0.05, 0.1) is 6.61 Å². The molecule has 1 aromatic heterocycles. The van der Waals surface area contributed by atoms with Crippen molar-refractivity contribution >= 4 is 11.6 Å². The molecule has 1 N–H and O–H groups in total. The number of hydrogen-bond acceptors (Lipinski definition) is 3. The molecule has 0 saturated carbocycles. The van der Waals surface area contributed by atoms with E-state index in [4.69, 9.17) is 16.3 Å². The van der Waals surface area contributed by atoms with E-state index < -0.39 is 17.7 Å². The zero-order chi connectivity index (χ0) is 20.9. The molecule has 28 heavy (non-hydrogen) atoms. The SMILES string of the molecule is CCCOc1ccc(C(CCC)C(O)(c2ccnc(C)c2)C(F)(F)F)c(Cl)c1. The van der Waals surface area contributed by atoms with Crippen LogP contribution >= 0.6 is 11.6 Å². The summed E-state index contributed by atoms with van der Waals surface area (Å²) in [6.07, 6.45) is -2.29. The maximum Gasteiger partial charge on any atom is 0.422 e. The van der Waals surface area contributed by atoms with Crippen molar-refractivity contribution in [2.24, 2.45) is 0 Å². The number of aliphatic hydroxyl groups is 1. The summed E-state index contributed by atoms with van der Waals surface area (Å²) in [4.78, 5) is 3.95. The molecule has 1 heterocycles. The molecule has 0 spiro atoms. The van der Waals surface area contributed by atoms with Crippen LogP contribution < -0.4 is 4.74 Å². The summed E-state index contributed by atoms with van der Waals surface area (Å²) in [6, 6.07) is 7.08. The zero-order valence-corrected chi connectivity index (χ0v) is 16.9. The third kappa shape index (κ3) is 4.61. The average molecular weight is 416 g/mol. The van der Waals surface area contributed by atoms with Gasteiger partial charge in [0, 0.05) is 22.8 Å². The third-order valence-corrected chi connectivity index (χ3v) is 5.00. The molecule has 2 unspecified atom stereocenters. The van der Waals surface area contributed by atoms with Gasteiger partial charge < -0.3 is 9.84 Å². The van der Waals surface area contributed by atoms with Crippen LogP contribution in [0.4, 0.5) is 13.2 Å². The molecule has 3 nitrogen and oxygen atoms in total. The van der Waals surface area contributed by atoms with Crippen LogP contribution in [0.2, 0.25) is 5.02 Å². The highest BCUT2D eigenvalue weighted by atomic mass is 35.5. The van der Waals surface area contributed by atoms with Crippen molar-refractivity contribution in [3.05, 3.63) is 58.4 Å². The van der Waals surface area contributed by atoms with E-state index in [1.807, 2.05) is 6.92 Å². The lowest BCUT2D eigenvalue weighted by molar-refractivity contribution is -0.276. The maximum absolute atomic E-state index is 14.2. The van der Waals surface area contributed by atoms with Crippen LogP contribution in [-0.2, 0) is 5.60 Å². The molecule has 0 amide bonds. The molecule has 1 aromatic carbocycles. The molecule has 0 radical (unpaired) electrons. The van der Waals surface area contributed by atoms with E-state index in [1.54, 1.807) is 19.9 Å². The first kappa shape index (κ1) is 22.5. The lowest BCUT2D eigenvalue weighted by atomic mass is 9.74. The van der Waals surface area contributed by atoms with Crippen molar-refractivity contribution in [3.8, 4) is 5.75 Å². The molecule has 0 aliphatic rings. The number of nitrogens with zero attached hydrogens (tertiary/aromatic N) is 1. The van der Waals surface area contributed by atoms with Crippen molar-refractivity contribution in [2.45, 2.75) is 57.7 Å². The van der Waals surface area contributed by atoms with E-state index >= 15 is 0 Å². The number of aromatic nitrogens is 1. The quantitative estimate of drug-likeness (QED) is 0.561. The molecular weight excluding hydrogens is 391 g/mol. The minimum atomic E-state index is -4.90. The summed E-state index contributed by atoms with van der Waals surface area (Å²) in [5.74, 6) is -0.784. The third-order valence-electron chi connectivity index (χ3n) is 4.67. The summed E-state index contributed by atoms with van der Waals surface area (Å²) in [5.41, 5.74) is -2.70. The van der Waals surface area contributed by atoms with E-state index in [0.29, 0.717) is 24.5 Å². The van der Waals surface area contributed by atoms with Gasteiger partial charge in [-0.15, -0.1) is 0 Å². The summed E-state index contributed by atoms with van der Waals surface area (Å²) in [5, 5.41) is 11.2. The fraction of sp³-hybridized carbons (Fsp3) is 0.476.